The fourth-order valence-electron chi connectivity index (χ4n) is 1.03. The Kier molecular flexibility index (Phi) is 6.96. The van der Waals surface area contributed by atoms with Crippen molar-refractivity contribution in [2.45, 2.75) is 11.8 Å². The molecule has 0 N–H and O–H groups in total. The molecule has 4 nitrogen and oxygen atoms in total. The molecule has 1 aromatic carbocycles. The molecule has 0 fully saturated rings. The first-order valence-electron chi connectivity index (χ1n) is 4.55. The zero-order valence-corrected chi connectivity index (χ0v) is 10.6. The molecule has 0 aliphatic heterocycles. The number of sulfonamides is 1. The molecule has 0 unspecified atom stereocenters. The van der Waals surface area contributed by atoms with Crippen LogP contribution in [0.15, 0.2) is 29.2 Å². The third kappa shape index (κ3) is 4.68. The Balaban J connectivity index is 0.00000225. The van der Waals surface area contributed by atoms with Crippen LogP contribution >= 0.6 is 0 Å². The van der Waals surface area contributed by atoms with Crippen molar-refractivity contribution in [1.82, 2.24) is 0 Å². The van der Waals surface area contributed by atoms with E-state index < -0.39 is 10.0 Å². The van der Waals surface area contributed by atoms with Gasteiger partial charge >= 0.3 is 18.9 Å². The molecule has 0 spiro atoms. The molecule has 0 aliphatic carbocycles. The van der Waals surface area contributed by atoms with Gasteiger partial charge in [-0.1, -0.05) is 17.7 Å². The molecule has 0 bridgehead atoms. The fraction of sp³-hybridized carbons (Fsp3) is 0.400. The van der Waals surface area contributed by atoms with Crippen LogP contribution in [0.2, 0.25) is 0 Å². The maximum Gasteiger partial charge on any atom is 1.00 e. The zero-order valence-electron chi connectivity index (χ0n) is 9.80. The summed E-state index contributed by atoms with van der Waals surface area (Å²) >= 11 is 0. The molecule has 84 valence electrons. The van der Waals surface area contributed by atoms with E-state index in [1.165, 1.54) is 7.11 Å². The van der Waals surface area contributed by atoms with Crippen LogP contribution in [-0.4, -0.2) is 28.7 Å². The SMILES string of the molecule is COCC[N-]S(=O)(=O)c1ccc(C)cc1.[Li+]. The maximum atomic E-state index is 11.6. The first kappa shape index (κ1) is 15.7. The quantitative estimate of drug-likeness (QED) is 0.471. The molecule has 0 atom stereocenters. The predicted molar refractivity (Wildman–Crippen MR) is 58.5 cm³/mol. The van der Waals surface area contributed by atoms with Crippen LogP contribution in [0.5, 0.6) is 0 Å². The maximum absolute atomic E-state index is 11.6. The molecule has 0 heterocycles. The number of hydrogen-bond donors (Lipinski definition) is 0. The van der Waals surface area contributed by atoms with Crippen molar-refractivity contribution in [3.8, 4) is 0 Å². The van der Waals surface area contributed by atoms with Crippen molar-refractivity contribution in [2.75, 3.05) is 20.3 Å². The van der Waals surface area contributed by atoms with Gasteiger partial charge in [0.2, 0.25) is 0 Å². The number of methoxy groups -OCH3 is 1. The van der Waals surface area contributed by atoms with Crippen LogP contribution < -0.4 is 18.9 Å². The summed E-state index contributed by atoms with van der Waals surface area (Å²) in [6.45, 7) is 2.37. The van der Waals surface area contributed by atoms with Crippen LogP contribution in [0.25, 0.3) is 4.72 Å². The van der Waals surface area contributed by atoms with E-state index >= 15 is 0 Å². The Hall–Kier alpha value is -0.313. The molecule has 0 amide bonds. The van der Waals surface area contributed by atoms with Crippen LogP contribution in [0.3, 0.4) is 0 Å². The van der Waals surface area contributed by atoms with E-state index in [4.69, 9.17) is 4.74 Å². The van der Waals surface area contributed by atoms with Crippen LogP contribution in [0.1, 0.15) is 5.56 Å². The molecule has 0 radical (unpaired) electrons. The Morgan fingerprint density at radius 2 is 1.81 bits per heavy atom. The van der Waals surface area contributed by atoms with E-state index in [0.29, 0.717) is 6.61 Å². The second-order valence-electron chi connectivity index (χ2n) is 3.13. The number of hydrogen-bond acceptors (Lipinski definition) is 3. The van der Waals surface area contributed by atoms with E-state index in [-0.39, 0.29) is 30.3 Å². The van der Waals surface area contributed by atoms with Gasteiger partial charge in [-0.15, -0.1) is 6.54 Å². The summed E-state index contributed by atoms with van der Waals surface area (Å²) in [5.74, 6) is 0. The molecule has 0 saturated carbocycles. The first-order valence-corrected chi connectivity index (χ1v) is 5.99. The van der Waals surface area contributed by atoms with Gasteiger partial charge in [0.05, 0.1) is 0 Å². The normalized spacial score (nSPS) is 10.9. The van der Waals surface area contributed by atoms with Gasteiger partial charge in [0.25, 0.3) is 0 Å². The van der Waals surface area contributed by atoms with E-state index in [2.05, 4.69) is 4.72 Å². The minimum Gasteiger partial charge on any atom is -0.543 e. The molecule has 1 rings (SSSR count). The minimum atomic E-state index is -3.50. The topological polar surface area (TPSA) is 57.5 Å². The summed E-state index contributed by atoms with van der Waals surface area (Å²) in [5, 5.41) is 0. The Morgan fingerprint density at radius 3 is 2.31 bits per heavy atom. The molecular formula is C10H14LiNO3S. The minimum absolute atomic E-state index is 0. The van der Waals surface area contributed by atoms with E-state index in [1.54, 1.807) is 24.3 Å². The van der Waals surface area contributed by atoms with Gasteiger partial charge < -0.3 is 9.46 Å². The Labute approximate surface area is 109 Å². The summed E-state index contributed by atoms with van der Waals surface area (Å²) < 4.78 is 31.5. The van der Waals surface area contributed by atoms with Gasteiger partial charge in [-0.05, 0) is 19.1 Å². The molecule has 0 aliphatic rings. The van der Waals surface area contributed by atoms with Crippen molar-refractivity contribution in [2.24, 2.45) is 0 Å². The van der Waals surface area contributed by atoms with Crippen LogP contribution in [0.4, 0.5) is 0 Å². The summed E-state index contributed by atoms with van der Waals surface area (Å²) in [4.78, 5) is 0.226. The average Bonchev–Trinajstić information content (AvgIpc) is 2.18. The molecule has 1 aromatic rings. The number of ether oxygens (including phenoxy) is 1. The predicted octanol–water partition coefficient (Wildman–Crippen LogP) is -1.29. The van der Waals surface area contributed by atoms with E-state index in [9.17, 15) is 8.42 Å². The third-order valence-corrected chi connectivity index (χ3v) is 3.27. The van der Waals surface area contributed by atoms with Gasteiger partial charge in [0.15, 0.2) is 0 Å². The smallest absolute Gasteiger partial charge is 0.543 e. The summed E-state index contributed by atoms with van der Waals surface area (Å²) in [6.07, 6.45) is 0. The molecule has 16 heavy (non-hydrogen) atoms. The van der Waals surface area contributed by atoms with Gasteiger partial charge in [0, 0.05) is 18.6 Å². The Morgan fingerprint density at radius 1 is 1.25 bits per heavy atom. The number of aryl methyl sites for hydroxylation is 1. The monoisotopic (exact) mass is 235 g/mol. The zero-order chi connectivity index (χ0) is 11.3. The van der Waals surface area contributed by atoms with Gasteiger partial charge in [-0.3, -0.25) is 0 Å². The second-order valence-corrected chi connectivity index (χ2v) is 4.81. The molecule has 0 aromatic heterocycles. The van der Waals surface area contributed by atoms with Gasteiger partial charge in [-0.25, -0.2) is 8.42 Å². The van der Waals surface area contributed by atoms with E-state index in [0.717, 1.165) is 5.56 Å². The third-order valence-electron chi connectivity index (χ3n) is 1.88. The molecular weight excluding hydrogens is 221 g/mol. The van der Waals surface area contributed by atoms with Crippen molar-refractivity contribution in [3.05, 3.63) is 34.6 Å². The number of rotatable bonds is 5. The average molecular weight is 235 g/mol. The van der Waals surface area contributed by atoms with Crippen LogP contribution in [0, 0.1) is 6.92 Å². The van der Waals surface area contributed by atoms with Crippen molar-refractivity contribution >= 4 is 10.0 Å². The summed E-state index contributed by atoms with van der Waals surface area (Å²) in [6, 6.07) is 6.61. The number of benzene rings is 1. The summed E-state index contributed by atoms with van der Waals surface area (Å²) in [7, 11) is -2.00. The summed E-state index contributed by atoms with van der Waals surface area (Å²) in [5.41, 5.74) is 1.02. The van der Waals surface area contributed by atoms with E-state index in [1.807, 2.05) is 6.92 Å². The van der Waals surface area contributed by atoms with Crippen molar-refractivity contribution in [1.29, 1.82) is 0 Å². The fourth-order valence-corrected chi connectivity index (χ4v) is 1.98. The van der Waals surface area contributed by atoms with Crippen LogP contribution in [-0.2, 0) is 14.8 Å². The number of nitrogens with zero attached hydrogens (tertiary/aromatic N) is 1. The molecule has 0 saturated heterocycles. The largest absolute Gasteiger partial charge is 1.00 e. The van der Waals surface area contributed by atoms with Gasteiger partial charge in [-0.2, -0.15) is 0 Å². The molecule has 6 heteroatoms. The Bertz CT molecular complexity index is 403. The standard InChI is InChI=1S/C10H14NO3S.Li/c1-9-3-5-10(6-4-9)15(12,13)11-7-8-14-2;/h3-6H,7-8H2,1-2H3;/q-1;+1. The second kappa shape index (κ2) is 7.10. The van der Waals surface area contributed by atoms with Crippen molar-refractivity contribution < 1.29 is 32.0 Å². The first-order chi connectivity index (χ1) is 7.06. The van der Waals surface area contributed by atoms with Gasteiger partial charge in [0.1, 0.15) is 10.0 Å². The van der Waals surface area contributed by atoms with Crippen molar-refractivity contribution in [3.63, 3.8) is 0 Å².